The molecule has 4 aromatic rings. The Balaban J connectivity index is 1.55. The van der Waals surface area contributed by atoms with Gasteiger partial charge in [0.15, 0.2) is 16.7 Å². The van der Waals surface area contributed by atoms with Crippen molar-refractivity contribution in [3.63, 3.8) is 0 Å². The number of phenols is 1. The SMILES string of the molecule is COc1cc(/C=N/NC(=O)CSc2nc3ccccc3c(=O)n2-c2ccccc2C)cc(Br)c1O. The topological polar surface area (TPSA) is 106 Å². The number of carbonyl (C=O) groups is 1. The lowest BCUT2D eigenvalue weighted by Gasteiger charge is -2.14. The van der Waals surface area contributed by atoms with E-state index >= 15 is 0 Å². The lowest BCUT2D eigenvalue weighted by molar-refractivity contribution is -0.118. The first-order valence-corrected chi connectivity index (χ1v) is 12.3. The second-order valence-corrected chi connectivity index (χ2v) is 9.27. The van der Waals surface area contributed by atoms with Crippen LogP contribution in [0.4, 0.5) is 0 Å². The molecule has 0 fully saturated rings. The van der Waals surface area contributed by atoms with Gasteiger partial charge in [0, 0.05) is 0 Å². The Morgan fingerprint density at radius 2 is 1.97 bits per heavy atom. The predicted octanol–water partition coefficient (Wildman–Crippen LogP) is 4.41. The van der Waals surface area contributed by atoms with Gasteiger partial charge in [-0.1, -0.05) is 42.1 Å². The number of aryl methyl sites for hydroxylation is 1. The van der Waals surface area contributed by atoms with E-state index in [-0.39, 0.29) is 28.7 Å². The summed E-state index contributed by atoms with van der Waals surface area (Å²) in [5.74, 6) is -0.113. The number of hydrazone groups is 1. The second kappa shape index (κ2) is 10.7. The Morgan fingerprint density at radius 1 is 1.23 bits per heavy atom. The van der Waals surface area contributed by atoms with Gasteiger partial charge in [0.05, 0.1) is 40.1 Å². The quantitative estimate of drug-likeness (QED) is 0.152. The first kappa shape index (κ1) is 24.5. The maximum atomic E-state index is 13.3. The molecule has 178 valence electrons. The van der Waals surface area contributed by atoms with Gasteiger partial charge in [-0.05, 0) is 64.3 Å². The fraction of sp³-hybridized carbons (Fsp3) is 0.120. The lowest BCUT2D eigenvalue weighted by atomic mass is 10.2. The Bertz CT molecular complexity index is 1500. The maximum absolute atomic E-state index is 13.3. The molecule has 3 aromatic carbocycles. The number of phenolic OH excluding ortho intramolecular Hbond substituents is 1. The van der Waals surface area contributed by atoms with Crippen molar-refractivity contribution < 1.29 is 14.6 Å². The van der Waals surface area contributed by atoms with E-state index in [4.69, 9.17) is 4.74 Å². The van der Waals surface area contributed by atoms with E-state index in [0.29, 0.717) is 31.8 Å². The molecule has 35 heavy (non-hydrogen) atoms. The fourth-order valence-corrected chi connectivity index (χ4v) is 4.66. The monoisotopic (exact) mass is 552 g/mol. The highest BCUT2D eigenvalue weighted by Crippen LogP contribution is 2.34. The van der Waals surface area contributed by atoms with Crippen LogP contribution in [0, 0.1) is 6.92 Å². The molecule has 0 aliphatic rings. The van der Waals surface area contributed by atoms with Crippen molar-refractivity contribution in [3.8, 4) is 17.2 Å². The standard InChI is InChI=1S/C25H21BrN4O4S/c1-15-7-3-6-10-20(15)30-24(33)17-8-4-5-9-19(17)28-25(30)35-14-22(31)29-27-13-16-11-18(26)23(32)21(12-16)34-2/h3-13,32H,14H2,1-2H3,(H,29,31)/b27-13+. The smallest absolute Gasteiger partial charge is 0.266 e. The minimum absolute atomic E-state index is 0.00338. The zero-order chi connectivity index (χ0) is 24.9. The van der Waals surface area contributed by atoms with Crippen molar-refractivity contribution in [1.82, 2.24) is 15.0 Å². The molecule has 0 spiro atoms. The second-order valence-electron chi connectivity index (χ2n) is 7.47. The third kappa shape index (κ3) is 5.39. The van der Waals surface area contributed by atoms with Gasteiger partial charge in [-0.25, -0.2) is 10.4 Å². The van der Waals surface area contributed by atoms with Crippen molar-refractivity contribution in [2.24, 2.45) is 5.10 Å². The van der Waals surface area contributed by atoms with Gasteiger partial charge in [-0.15, -0.1) is 0 Å². The van der Waals surface area contributed by atoms with Gasteiger partial charge >= 0.3 is 0 Å². The van der Waals surface area contributed by atoms with E-state index in [2.05, 4.69) is 31.4 Å². The average molecular weight is 553 g/mol. The summed E-state index contributed by atoms with van der Waals surface area (Å²) in [5.41, 5.74) is 5.08. The molecule has 0 aliphatic carbocycles. The molecule has 0 saturated heterocycles. The van der Waals surface area contributed by atoms with E-state index < -0.39 is 0 Å². The number of benzene rings is 3. The number of nitrogens with one attached hydrogen (secondary N) is 1. The summed E-state index contributed by atoms with van der Waals surface area (Å²) < 4.78 is 7.09. The van der Waals surface area contributed by atoms with Crippen LogP contribution in [0.15, 0.2) is 80.2 Å². The molecule has 2 N–H and O–H groups in total. The molecule has 0 unspecified atom stereocenters. The van der Waals surface area contributed by atoms with Crippen LogP contribution in [0.5, 0.6) is 11.5 Å². The van der Waals surface area contributed by atoms with Crippen molar-refractivity contribution in [3.05, 3.63) is 86.6 Å². The number of carbonyl (C=O) groups excluding carboxylic acids is 1. The fourth-order valence-electron chi connectivity index (χ4n) is 3.40. The Labute approximate surface area is 213 Å². The zero-order valence-corrected chi connectivity index (χ0v) is 21.3. The van der Waals surface area contributed by atoms with Gasteiger partial charge in [-0.3, -0.25) is 14.2 Å². The summed E-state index contributed by atoms with van der Waals surface area (Å²) in [7, 11) is 1.44. The van der Waals surface area contributed by atoms with Crippen molar-refractivity contribution in [1.29, 1.82) is 0 Å². The predicted molar refractivity (Wildman–Crippen MR) is 141 cm³/mol. The van der Waals surface area contributed by atoms with Crippen LogP contribution >= 0.6 is 27.7 Å². The van der Waals surface area contributed by atoms with Gasteiger partial charge < -0.3 is 9.84 Å². The molecule has 10 heteroatoms. The first-order valence-electron chi connectivity index (χ1n) is 10.5. The largest absolute Gasteiger partial charge is 0.503 e. The number of nitrogens with zero attached hydrogens (tertiary/aromatic N) is 3. The molecular formula is C25H21BrN4O4S. The molecule has 0 atom stereocenters. The molecule has 0 bridgehead atoms. The van der Waals surface area contributed by atoms with Crippen LogP contribution in [0.3, 0.4) is 0 Å². The zero-order valence-electron chi connectivity index (χ0n) is 18.9. The summed E-state index contributed by atoms with van der Waals surface area (Å²) >= 11 is 4.40. The van der Waals surface area contributed by atoms with E-state index in [1.54, 1.807) is 34.9 Å². The van der Waals surface area contributed by atoms with Gasteiger partial charge in [0.25, 0.3) is 11.5 Å². The Hall–Kier alpha value is -3.63. The molecule has 4 rings (SSSR count). The lowest BCUT2D eigenvalue weighted by Crippen LogP contribution is -2.24. The van der Waals surface area contributed by atoms with Crippen molar-refractivity contribution in [2.75, 3.05) is 12.9 Å². The third-order valence-corrected chi connectivity index (χ3v) is 6.65. The molecular weight excluding hydrogens is 532 g/mol. The number of methoxy groups -OCH3 is 1. The summed E-state index contributed by atoms with van der Waals surface area (Å²) in [6.07, 6.45) is 1.44. The Morgan fingerprint density at radius 3 is 2.74 bits per heavy atom. The summed E-state index contributed by atoms with van der Waals surface area (Å²) in [5, 5.41) is 14.8. The highest BCUT2D eigenvalue weighted by molar-refractivity contribution is 9.10. The normalized spacial score (nSPS) is 11.2. The van der Waals surface area contributed by atoms with E-state index in [9.17, 15) is 14.7 Å². The molecule has 1 aromatic heterocycles. The molecule has 0 radical (unpaired) electrons. The number of thioether (sulfide) groups is 1. The average Bonchev–Trinajstić information content (AvgIpc) is 2.85. The van der Waals surface area contributed by atoms with E-state index in [0.717, 1.165) is 17.3 Å². The van der Waals surface area contributed by atoms with Crippen LogP contribution in [0.25, 0.3) is 16.6 Å². The minimum Gasteiger partial charge on any atom is -0.503 e. The number of hydrogen-bond donors (Lipinski definition) is 2. The number of hydrogen-bond acceptors (Lipinski definition) is 7. The summed E-state index contributed by atoms with van der Waals surface area (Å²) in [4.78, 5) is 30.5. The molecule has 1 amide bonds. The van der Waals surface area contributed by atoms with Crippen LogP contribution < -0.4 is 15.7 Å². The number of aromatic hydroxyl groups is 1. The number of halogens is 1. The maximum Gasteiger partial charge on any atom is 0.266 e. The third-order valence-electron chi connectivity index (χ3n) is 5.11. The highest BCUT2D eigenvalue weighted by Gasteiger charge is 2.16. The van der Waals surface area contributed by atoms with Gasteiger partial charge in [-0.2, -0.15) is 5.10 Å². The van der Waals surface area contributed by atoms with Crippen molar-refractivity contribution in [2.45, 2.75) is 12.1 Å². The number of fused-ring (bicyclic) bond motifs is 1. The van der Waals surface area contributed by atoms with Crippen LogP contribution in [0.2, 0.25) is 0 Å². The van der Waals surface area contributed by atoms with Gasteiger partial charge in [0.2, 0.25) is 0 Å². The number of ether oxygens (including phenoxy) is 1. The molecule has 1 heterocycles. The number of rotatable bonds is 7. The molecule has 0 aliphatic heterocycles. The van der Waals surface area contributed by atoms with Crippen LogP contribution in [-0.2, 0) is 4.79 Å². The summed E-state index contributed by atoms with van der Waals surface area (Å²) in [6.45, 7) is 1.92. The minimum atomic E-state index is -0.366. The number of para-hydroxylation sites is 2. The van der Waals surface area contributed by atoms with Gasteiger partial charge in [0.1, 0.15) is 0 Å². The summed E-state index contributed by atoms with van der Waals surface area (Å²) in [6, 6.07) is 17.9. The molecule has 8 nitrogen and oxygen atoms in total. The van der Waals surface area contributed by atoms with E-state index in [1.807, 2.05) is 37.3 Å². The van der Waals surface area contributed by atoms with Crippen LogP contribution in [-0.4, -0.2) is 39.6 Å². The Kier molecular flexibility index (Phi) is 7.52. The number of amides is 1. The molecule has 0 saturated carbocycles. The van der Waals surface area contributed by atoms with Crippen molar-refractivity contribution >= 4 is 50.7 Å². The van der Waals surface area contributed by atoms with Crippen LogP contribution in [0.1, 0.15) is 11.1 Å². The van der Waals surface area contributed by atoms with E-state index in [1.165, 1.54) is 13.3 Å². The highest BCUT2D eigenvalue weighted by atomic mass is 79.9. The number of aromatic nitrogens is 2. The first-order chi connectivity index (χ1) is 16.9.